The summed E-state index contributed by atoms with van der Waals surface area (Å²) in [7, 11) is 4.11. The van der Waals surface area contributed by atoms with Crippen molar-refractivity contribution in [1.82, 2.24) is 20.1 Å². The van der Waals surface area contributed by atoms with E-state index in [1.807, 2.05) is 30.5 Å². The van der Waals surface area contributed by atoms with Crippen molar-refractivity contribution in [3.63, 3.8) is 0 Å². The number of pyridine rings is 1. The summed E-state index contributed by atoms with van der Waals surface area (Å²) >= 11 is 0. The summed E-state index contributed by atoms with van der Waals surface area (Å²) in [5.74, 6) is 0.988. The molecule has 0 aliphatic carbocycles. The maximum Gasteiger partial charge on any atom is 0.213 e. The van der Waals surface area contributed by atoms with Crippen LogP contribution in [0.1, 0.15) is 64.4 Å². The van der Waals surface area contributed by atoms with E-state index in [1.165, 1.54) is 0 Å². The monoisotopic (exact) mass is 533 g/mol. The van der Waals surface area contributed by atoms with Gasteiger partial charge in [0.25, 0.3) is 0 Å². The molecule has 0 radical (unpaired) electrons. The Balaban J connectivity index is 1.74. The molecule has 1 aliphatic rings. The molecule has 1 fully saturated rings. The Morgan fingerprint density at radius 3 is 2.44 bits per heavy atom. The zero-order chi connectivity index (χ0) is 28.2. The van der Waals surface area contributed by atoms with Crippen molar-refractivity contribution in [3.05, 3.63) is 42.2 Å². The van der Waals surface area contributed by atoms with E-state index in [0.29, 0.717) is 24.1 Å². The van der Waals surface area contributed by atoms with Gasteiger partial charge in [0, 0.05) is 61.5 Å². The maximum absolute atomic E-state index is 12.9. The van der Waals surface area contributed by atoms with Crippen LogP contribution in [-0.4, -0.2) is 77.9 Å². The summed E-state index contributed by atoms with van der Waals surface area (Å²) in [6.45, 7) is 13.6. The summed E-state index contributed by atoms with van der Waals surface area (Å²) in [5, 5.41) is 9.80. The number of hydrogen-bond donors (Lipinski definition) is 0. The highest BCUT2D eigenvalue weighted by Crippen LogP contribution is 2.39. The first-order valence-electron chi connectivity index (χ1n) is 14.0. The van der Waals surface area contributed by atoms with Gasteiger partial charge >= 0.3 is 0 Å². The third-order valence-electron chi connectivity index (χ3n) is 7.46. The highest BCUT2D eigenvalue weighted by molar-refractivity contribution is 6.06. The van der Waals surface area contributed by atoms with Gasteiger partial charge in [-0.25, -0.2) is 4.98 Å². The highest BCUT2D eigenvalue weighted by Gasteiger charge is 2.36. The average molecular weight is 534 g/mol. The molecule has 39 heavy (non-hydrogen) atoms. The lowest BCUT2D eigenvalue weighted by atomic mass is 9.87. The van der Waals surface area contributed by atoms with Gasteiger partial charge in [-0.3, -0.25) is 4.79 Å². The molecule has 8 nitrogen and oxygen atoms in total. The molecule has 0 unspecified atom stereocenters. The van der Waals surface area contributed by atoms with Gasteiger partial charge in [-0.2, -0.15) is 0 Å². The van der Waals surface area contributed by atoms with Gasteiger partial charge < -0.3 is 19.3 Å². The van der Waals surface area contributed by atoms with E-state index in [2.05, 4.69) is 72.8 Å². The fourth-order valence-electron chi connectivity index (χ4n) is 5.51. The number of ether oxygens (including phenoxy) is 2. The Morgan fingerprint density at radius 1 is 1.10 bits per heavy atom. The fraction of sp³-hybridized carbons (Fsp3) is 0.548. The first-order chi connectivity index (χ1) is 18.6. The minimum atomic E-state index is -0.249. The van der Waals surface area contributed by atoms with Crippen LogP contribution in [0.5, 0.6) is 5.88 Å². The Morgan fingerprint density at radius 2 is 1.82 bits per heavy atom. The van der Waals surface area contributed by atoms with Crippen LogP contribution in [0.3, 0.4) is 0 Å². The molecule has 1 aromatic carbocycles. The van der Waals surface area contributed by atoms with Crippen molar-refractivity contribution in [1.29, 1.82) is 0 Å². The summed E-state index contributed by atoms with van der Waals surface area (Å²) in [6, 6.07) is 10.3. The van der Waals surface area contributed by atoms with Gasteiger partial charge in [-0.05, 0) is 90.7 Å². The van der Waals surface area contributed by atoms with E-state index >= 15 is 0 Å². The minimum absolute atomic E-state index is 0.0873. The lowest BCUT2D eigenvalue weighted by Crippen LogP contribution is -2.52. The number of hydrogen-bond acceptors (Lipinski definition) is 8. The first-order valence-corrected chi connectivity index (χ1v) is 14.0. The fourth-order valence-corrected chi connectivity index (χ4v) is 5.51. The van der Waals surface area contributed by atoms with Crippen LogP contribution in [0.25, 0.3) is 22.0 Å². The third kappa shape index (κ3) is 6.92. The number of rotatable bonds is 10. The zero-order valence-corrected chi connectivity index (χ0v) is 24.5. The Labute approximate surface area is 232 Å². The van der Waals surface area contributed by atoms with E-state index in [1.54, 1.807) is 6.92 Å². The largest absolute Gasteiger partial charge is 0.478 e. The van der Waals surface area contributed by atoms with Crippen molar-refractivity contribution >= 4 is 22.4 Å². The van der Waals surface area contributed by atoms with Crippen LogP contribution in [0.2, 0.25) is 0 Å². The molecular weight excluding hydrogens is 490 g/mol. The van der Waals surface area contributed by atoms with E-state index in [0.717, 1.165) is 66.7 Å². The molecule has 3 aromatic rings. The number of aromatic nitrogens is 3. The second-order valence-corrected chi connectivity index (χ2v) is 11.8. The lowest BCUT2D eigenvalue weighted by molar-refractivity contribution is 0.0574. The van der Waals surface area contributed by atoms with E-state index in [9.17, 15) is 4.79 Å². The van der Waals surface area contributed by atoms with Crippen LogP contribution in [0, 0.1) is 5.92 Å². The Kier molecular flexibility index (Phi) is 9.18. The summed E-state index contributed by atoms with van der Waals surface area (Å²) in [4.78, 5) is 22.0. The Bertz CT molecular complexity index is 1260. The van der Waals surface area contributed by atoms with E-state index in [4.69, 9.17) is 9.47 Å². The number of ketones is 1. The van der Waals surface area contributed by atoms with Crippen molar-refractivity contribution < 1.29 is 14.3 Å². The summed E-state index contributed by atoms with van der Waals surface area (Å²) in [6.07, 6.45) is 4.79. The topological polar surface area (TPSA) is 80.7 Å². The second-order valence-electron chi connectivity index (χ2n) is 11.8. The molecule has 1 aliphatic heterocycles. The molecule has 0 saturated carbocycles. The highest BCUT2D eigenvalue weighted by atomic mass is 16.5. The summed E-state index contributed by atoms with van der Waals surface area (Å²) in [5.41, 5.74) is 3.76. The quantitative estimate of drug-likeness (QED) is 0.245. The minimum Gasteiger partial charge on any atom is -0.478 e. The zero-order valence-electron chi connectivity index (χ0n) is 24.5. The van der Waals surface area contributed by atoms with Crippen molar-refractivity contribution in [3.8, 4) is 17.0 Å². The van der Waals surface area contributed by atoms with Gasteiger partial charge in [-0.1, -0.05) is 6.07 Å². The van der Waals surface area contributed by atoms with Gasteiger partial charge in [0.2, 0.25) is 5.88 Å². The van der Waals surface area contributed by atoms with Crippen LogP contribution >= 0.6 is 0 Å². The SMILES string of the molecule is CC(=O)c1nnc2ccc(-c3ccc(OCCCN(C)C)nc3)cc2c1N([C@@H](C)C1CCOCC1)C(C)(C)C. The number of carbonyl (C=O) groups is 1. The van der Waals surface area contributed by atoms with Gasteiger partial charge in [0.1, 0.15) is 0 Å². The van der Waals surface area contributed by atoms with Crippen LogP contribution in [0.4, 0.5) is 5.69 Å². The number of Topliss-reactive ketones (excluding diaryl/α,β-unsaturated/α-hetero) is 1. The maximum atomic E-state index is 12.9. The molecule has 1 atom stereocenters. The molecule has 0 N–H and O–H groups in total. The first kappa shape index (κ1) is 28.9. The number of carbonyl (C=O) groups excluding carboxylic acids is 1. The molecular formula is C31H43N5O3. The van der Waals surface area contributed by atoms with Gasteiger partial charge in [0.05, 0.1) is 17.8 Å². The Hall–Kier alpha value is -3.10. The van der Waals surface area contributed by atoms with Crippen molar-refractivity contribution in [2.24, 2.45) is 5.92 Å². The van der Waals surface area contributed by atoms with Crippen molar-refractivity contribution in [2.45, 2.75) is 65.5 Å². The molecule has 0 amide bonds. The number of benzene rings is 1. The smallest absolute Gasteiger partial charge is 0.213 e. The van der Waals surface area contributed by atoms with Gasteiger partial charge in [-0.15, -0.1) is 10.2 Å². The second kappa shape index (κ2) is 12.4. The number of anilines is 1. The average Bonchev–Trinajstić information content (AvgIpc) is 2.91. The molecule has 0 spiro atoms. The molecule has 4 rings (SSSR count). The molecule has 8 heteroatoms. The standard InChI is InChI=1S/C31H43N5O3/c1-21(23-13-17-38-18-14-23)36(31(3,4)5)30-26-19-24(9-11-27(26)33-34-29(30)22(2)37)25-10-12-28(32-20-25)39-16-8-15-35(6)7/h9-12,19-21,23H,8,13-18H2,1-7H3/t21-/m0/s1. The molecule has 0 bridgehead atoms. The third-order valence-corrected chi connectivity index (χ3v) is 7.46. The molecule has 1 saturated heterocycles. The van der Waals surface area contributed by atoms with Gasteiger partial charge in [0.15, 0.2) is 11.5 Å². The van der Waals surface area contributed by atoms with Crippen LogP contribution in [-0.2, 0) is 4.74 Å². The van der Waals surface area contributed by atoms with Crippen LogP contribution < -0.4 is 9.64 Å². The van der Waals surface area contributed by atoms with E-state index in [-0.39, 0.29) is 17.4 Å². The lowest BCUT2D eigenvalue weighted by Gasteiger charge is -2.46. The number of nitrogens with zero attached hydrogens (tertiary/aromatic N) is 5. The predicted molar refractivity (Wildman–Crippen MR) is 157 cm³/mol. The van der Waals surface area contributed by atoms with E-state index < -0.39 is 0 Å². The molecule has 3 heterocycles. The normalized spacial score (nSPS) is 15.5. The number of fused-ring (bicyclic) bond motifs is 1. The van der Waals surface area contributed by atoms with Crippen molar-refractivity contribution in [2.75, 3.05) is 45.4 Å². The van der Waals surface area contributed by atoms with Crippen LogP contribution in [0.15, 0.2) is 36.5 Å². The predicted octanol–water partition coefficient (Wildman–Crippen LogP) is 5.64. The molecule has 210 valence electrons. The molecule has 2 aromatic heterocycles. The summed E-state index contributed by atoms with van der Waals surface area (Å²) < 4.78 is 11.5.